The largest absolute Gasteiger partial charge is 0.377 e. The molecule has 0 aliphatic carbocycles. The van der Waals surface area contributed by atoms with Gasteiger partial charge in [-0.05, 0) is 6.42 Å². The predicted molar refractivity (Wildman–Crippen MR) is 49.6 cm³/mol. The first kappa shape index (κ1) is 9.33. The summed E-state index contributed by atoms with van der Waals surface area (Å²) in [6.45, 7) is 3.09. The summed E-state index contributed by atoms with van der Waals surface area (Å²) in [6, 6.07) is 0.184. The molecule has 1 fully saturated rings. The molecule has 0 atom stereocenters. The van der Waals surface area contributed by atoms with Crippen LogP contribution in [0.3, 0.4) is 0 Å². The minimum Gasteiger partial charge on any atom is -0.377 e. The molecule has 14 heavy (non-hydrogen) atoms. The number of aromatic nitrogens is 2. The highest BCUT2D eigenvalue weighted by atomic mass is 19.1. The van der Waals surface area contributed by atoms with Gasteiger partial charge in [0.05, 0.1) is 24.9 Å². The van der Waals surface area contributed by atoms with E-state index in [4.69, 9.17) is 4.74 Å². The van der Waals surface area contributed by atoms with Crippen LogP contribution in [0.2, 0.25) is 0 Å². The molecule has 1 aliphatic rings. The van der Waals surface area contributed by atoms with Crippen LogP contribution in [0.4, 0.5) is 10.2 Å². The summed E-state index contributed by atoms with van der Waals surface area (Å²) in [7, 11) is 0. The Bertz CT molecular complexity index is 328. The van der Waals surface area contributed by atoms with E-state index >= 15 is 0 Å². The summed E-state index contributed by atoms with van der Waals surface area (Å²) in [5, 5.41) is 2.97. The van der Waals surface area contributed by atoms with Crippen molar-refractivity contribution in [2.24, 2.45) is 0 Å². The normalized spacial score (nSPS) is 16.4. The maximum Gasteiger partial charge on any atom is 0.186 e. The standard InChI is InChI=1S/C9H12FN3O/c1-2-7-8(10)9(12-5-11-7)13-6-3-14-4-6/h5-6H,2-4H2,1H3,(H,11,12,13). The smallest absolute Gasteiger partial charge is 0.186 e. The van der Waals surface area contributed by atoms with Crippen LogP contribution in [0, 0.1) is 5.82 Å². The van der Waals surface area contributed by atoms with Crippen molar-refractivity contribution in [1.82, 2.24) is 9.97 Å². The lowest BCUT2D eigenvalue weighted by Gasteiger charge is -2.27. The highest BCUT2D eigenvalue weighted by molar-refractivity contribution is 5.38. The number of aryl methyl sites for hydroxylation is 1. The Morgan fingerprint density at radius 2 is 2.36 bits per heavy atom. The summed E-state index contributed by atoms with van der Waals surface area (Å²) >= 11 is 0. The molecule has 0 radical (unpaired) electrons. The van der Waals surface area contributed by atoms with E-state index in [9.17, 15) is 4.39 Å². The molecular formula is C9H12FN3O. The molecule has 2 rings (SSSR count). The summed E-state index contributed by atoms with van der Waals surface area (Å²) in [4.78, 5) is 7.71. The fourth-order valence-corrected chi connectivity index (χ4v) is 1.27. The molecule has 1 N–H and O–H groups in total. The van der Waals surface area contributed by atoms with Crippen LogP contribution in [0.25, 0.3) is 0 Å². The zero-order chi connectivity index (χ0) is 9.97. The SMILES string of the molecule is CCc1ncnc(NC2COC2)c1F. The van der Waals surface area contributed by atoms with Crippen LogP contribution in [0.5, 0.6) is 0 Å². The molecule has 1 saturated heterocycles. The van der Waals surface area contributed by atoms with Crippen molar-refractivity contribution in [3.05, 3.63) is 17.8 Å². The molecule has 0 bridgehead atoms. The summed E-state index contributed by atoms with van der Waals surface area (Å²) < 4.78 is 18.5. The predicted octanol–water partition coefficient (Wildman–Crippen LogP) is 0.989. The molecule has 5 heteroatoms. The van der Waals surface area contributed by atoms with E-state index in [1.807, 2.05) is 6.92 Å². The second-order valence-electron chi connectivity index (χ2n) is 3.22. The quantitative estimate of drug-likeness (QED) is 0.785. The molecule has 76 valence electrons. The third-order valence-electron chi connectivity index (χ3n) is 2.18. The fraction of sp³-hybridized carbons (Fsp3) is 0.556. The van der Waals surface area contributed by atoms with Crippen LogP contribution in [-0.2, 0) is 11.2 Å². The van der Waals surface area contributed by atoms with Gasteiger partial charge in [0, 0.05) is 0 Å². The summed E-state index contributed by atoms with van der Waals surface area (Å²) in [5.41, 5.74) is 0.447. The Morgan fingerprint density at radius 1 is 1.57 bits per heavy atom. The Kier molecular flexibility index (Phi) is 2.58. The Morgan fingerprint density at radius 3 is 2.93 bits per heavy atom. The second-order valence-corrected chi connectivity index (χ2v) is 3.22. The van der Waals surface area contributed by atoms with Gasteiger partial charge >= 0.3 is 0 Å². The number of nitrogens with one attached hydrogen (secondary N) is 1. The van der Waals surface area contributed by atoms with E-state index in [1.54, 1.807) is 0 Å². The van der Waals surface area contributed by atoms with Crippen molar-refractivity contribution in [3.8, 4) is 0 Å². The van der Waals surface area contributed by atoms with Gasteiger partial charge in [-0.3, -0.25) is 0 Å². The lowest BCUT2D eigenvalue weighted by Crippen LogP contribution is -2.40. The molecule has 1 aromatic rings. The zero-order valence-electron chi connectivity index (χ0n) is 7.96. The van der Waals surface area contributed by atoms with Gasteiger partial charge in [-0.2, -0.15) is 0 Å². The first-order valence-electron chi connectivity index (χ1n) is 4.65. The van der Waals surface area contributed by atoms with Gasteiger partial charge in [-0.15, -0.1) is 0 Å². The zero-order valence-corrected chi connectivity index (χ0v) is 7.96. The Hall–Kier alpha value is -1.23. The maximum atomic E-state index is 13.6. The highest BCUT2D eigenvalue weighted by Crippen LogP contribution is 2.16. The molecule has 0 spiro atoms. The molecule has 0 unspecified atom stereocenters. The van der Waals surface area contributed by atoms with Crippen molar-refractivity contribution in [2.75, 3.05) is 18.5 Å². The summed E-state index contributed by atoms with van der Waals surface area (Å²) in [6.07, 6.45) is 1.95. The van der Waals surface area contributed by atoms with Crippen LogP contribution < -0.4 is 5.32 Å². The maximum absolute atomic E-state index is 13.6. The average Bonchev–Trinajstić information content (AvgIpc) is 2.13. The lowest BCUT2D eigenvalue weighted by molar-refractivity contribution is 0.0208. The van der Waals surface area contributed by atoms with E-state index in [0.29, 0.717) is 25.3 Å². The molecule has 1 aliphatic heterocycles. The van der Waals surface area contributed by atoms with Gasteiger partial charge in [0.2, 0.25) is 0 Å². The third kappa shape index (κ3) is 1.68. The second kappa shape index (κ2) is 3.88. The molecule has 0 amide bonds. The molecule has 0 aromatic carbocycles. The molecular weight excluding hydrogens is 185 g/mol. The van der Waals surface area contributed by atoms with Crippen molar-refractivity contribution < 1.29 is 9.13 Å². The molecule has 2 heterocycles. The lowest BCUT2D eigenvalue weighted by atomic mass is 10.2. The number of ether oxygens (including phenoxy) is 1. The molecule has 0 saturated carbocycles. The van der Waals surface area contributed by atoms with Gasteiger partial charge in [0.25, 0.3) is 0 Å². The minimum absolute atomic E-state index is 0.184. The topological polar surface area (TPSA) is 47.0 Å². The number of anilines is 1. The van der Waals surface area contributed by atoms with Crippen LogP contribution in [0.1, 0.15) is 12.6 Å². The molecule has 1 aromatic heterocycles. The minimum atomic E-state index is -0.345. The summed E-state index contributed by atoms with van der Waals surface area (Å²) in [5.74, 6) is -0.0629. The van der Waals surface area contributed by atoms with Crippen LogP contribution in [0.15, 0.2) is 6.33 Å². The number of hydrogen-bond acceptors (Lipinski definition) is 4. The van der Waals surface area contributed by atoms with Crippen LogP contribution >= 0.6 is 0 Å². The van der Waals surface area contributed by atoms with Crippen LogP contribution in [-0.4, -0.2) is 29.2 Å². The van der Waals surface area contributed by atoms with Gasteiger partial charge in [0.15, 0.2) is 11.6 Å². The van der Waals surface area contributed by atoms with E-state index in [2.05, 4.69) is 15.3 Å². The van der Waals surface area contributed by atoms with E-state index in [-0.39, 0.29) is 17.7 Å². The van der Waals surface area contributed by atoms with Gasteiger partial charge in [0.1, 0.15) is 6.33 Å². The Balaban J connectivity index is 2.15. The van der Waals surface area contributed by atoms with Crippen molar-refractivity contribution >= 4 is 5.82 Å². The van der Waals surface area contributed by atoms with Crippen molar-refractivity contribution in [2.45, 2.75) is 19.4 Å². The monoisotopic (exact) mass is 197 g/mol. The van der Waals surface area contributed by atoms with Crippen molar-refractivity contribution in [3.63, 3.8) is 0 Å². The number of halogens is 1. The number of hydrogen-bond donors (Lipinski definition) is 1. The van der Waals surface area contributed by atoms with E-state index in [0.717, 1.165) is 0 Å². The number of rotatable bonds is 3. The Labute approximate surface area is 81.5 Å². The number of nitrogens with zero attached hydrogens (tertiary/aromatic N) is 2. The average molecular weight is 197 g/mol. The highest BCUT2D eigenvalue weighted by Gasteiger charge is 2.20. The van der Waals surface area contributed by atoms with Gasteiger partial charge in [-0.1, -0.05) is 6.92 Å². The third-order valence-corrected chi connectivity index (χ3v) is 2.18. The van der Waals surface area contributed by atoms with Crippen molar-refractivity contribution in [1.29, 1.82) is 0 Å². The first-order valence-corrected chi connectivity index (χ1v) is 4.65. The van der Waals surface area contributed by atoms with E-state index < -0.39 is 0 Å². The molecule has 4 nitrogen and oxygen atoms in total. The van der Waals surface area contributed by atoms with Gasteiger partial charge in [-0.25, -0.2) is 14.4 Å². The van der Waals surface area contributed by atoms with Gasteiger partial charge < -0.3 is 10.1 Å². The first-order chi connectivity index (χ1) is 6.81. The van der Waals surface area contributed by atoms with E-state index in [1.165, 1.54) is 6.33 Å². The fourth-order valence-electron chi connectivity index (χ4n) is 1.27.